The Morgan fingerprint density at radius 3 is 2.48 bits per heavy atom. The van der Waals surface area contributed by atoms with Gasteiger partial charge in [0.1, 0.15) is 11.5 Å². The molecule has 0 aliphatic heterocycles. The van der Waals surface area contributed by atoms with Gasteiger partial charge < -0.3 is 25.3 Å². The summed E-state index contributed by atoms with van der Waals surface area (Å²) in [4.78, 5) is 24.2. The Balaban J connectivity index is 1.97. The van der Waals surface area contributed by atoms with Gasteiger partial charge in [0.05, 0.1) is 25.8 Å². The molecule has 2 aromatic carbocycles. The zero-order valence-corrected chi connectivity index (χ0v) is 15.9. The number of aryl methyl sites for hydroxylation is 1. The first-order valence-corrected chi connectivity index (χ1v) is 8.40. The van der Waals surface area contributed by atoms with Gasteiger partial charge in [-0.1, -0.05) is 6.07 Å². The first-order chi connectivity index (χ1) is 12.8. The van der Waals surface area contributed by atoms with Crippen molar-refractivity contribution in [3.8, 4) is 11.5 Å². The molecule has 0 aliphatic rings. The molecule has 1 amide bonds. The number of nitrogens with one attached hydrogen (secondary N) is 1. The Hall–Kier alpha value is -3.22. The number of hydrogen-bond acceptors (Lipinski definition) is 6. The fourth-order valence-electron chi connectivity index (χ4n) is 2.52. The summed E-state index contributed by atoms with van der Waals surface area (Å²) in [5.41, 5.74) is 8.20. The highest BCUT2D eigenvalue weighted by Gasteiger charge is 2.17. The maximum Gasteiger partial charge on any atom is 0.338 e. The number of benzene rings is 2. The number of hydrogen-bond donors (Lipinski definition) is 2. The lowest BCUT2D eigenvalue weighted by atomic mass is 10.1. The van der Waals surface area contributed by atoms with Crippen LogP contribution in [0.4, 0.5) is 5.69 Å². The van der Waals surface area contributed by atoms with Crippen LogP contribution in [0.3, 0.4) is 0 Å². The average Bonchev–Trinajstić information content (AvgIpc) is 2.67. The minimum absolute atomic E-state index is 0.299. The van der Waals surface area contributed by atoms with Crippen LogP contribution in [-0.2, 0) is 9.53 Å². The fraction of sp³-hybridized carbons (Fsp3) is 0.300. The molecule has 144 valence electrons. The molecule has 7 heteroatoms. The molecule has 27 heavy (non-hydrogen) atoms. The van der Waals surface area contributed by atoms with E-state index in [4.69, 9.17) is 19.9 Å². The van der Waals surface area contributed by atoms with Crippen molar-refractivity contribution in [3.63, 3.8) is 0 Å². The molecule has 0 heterocycles. The Morgan fingerprint density at radius 1 is 1.11 bits per heavy atom. The SMILES string of the molecule is COc1ccc(OC)c([C@@H](C)NC(=O)COC(=O)c2ccc(C)c(N)c2)c1. The normalized spacial score (nSPS) is 11.4. The molecule has 2 rings (SSSR count). The second-order valence-corrected chi connectivity index (χ2v) is 6.04. The van der Waals surface area contributed by atoms with E-state index < -0.39 is 18.5 Å². The third-order valence-corrected chi connectivity index (χ3v) is 4.13. The number of nitrogen functional groups attached to an aromatic ring is 1. The van der Waals surface area contributed by atoms with E-state index in [0.29, 0.717) is 22.7 Å². The molecular formula is C20H24N2O5. The third kappa shape index (κ3) is 5.13. The maximum atomic E-state index is 12.2. The zero-order chi connectivity index (χ0) is 20.0. The van der Waals surface area contributed by atoms with Crippen LogP contribution in [-0.4, -0.2) is 32.7 Å². The van der Waals surface area contributed by atoms with Gasteiger partial charge >= 0.3 is 5.97 Å². The molecule has 0 radical (unpaired) electrons. The summed E-state index contributed by atoms with van der Waals surface area (Å²) in [6.07, 6.45) is 0. The lowest BCUT2D eigenvalue weighted by Crippen LogP contribution is -2.31. The minimum atomic E-state index is -0.608. The number of carbonyl (C=O) groups is 2. The lowest BCUT2D eigenvalue weighted by Gasteiger charge is -2.18. The largest absolute Gasteiger partial charge is 0.497 e. The van der Waals surface area contributed by atoms with Crippen molar-refractivity contribution in [3.05, 3.63) is 53.1 Å². The molecule has 0 bridgehead atoms. The Labute approximate surface area is 158 Å². The van der Waals surface area contributed by atoms with Crippen LogP contribution in [0.1, 0.15) is 34.5 Å². The standard InChI is InChI=1S/C20H24N2O5/c1-12-5-6-14(9-17(12)21)20(24)27-11-19(23)22-13(2)16-10-15(25-3)7-8-18(16)26-4/h5-10,13H,11,21H2,1-4H3,(H,22,23)/t13-/m1/s1. The predicted molar refractivity (Wildman–Crippen MR) is 102 cm³/mol. The van der Waals surface area contributed by atoms with E-state index in [1.54, 1.807) is 51.5 Å². The summed E-state index contributed by atoms with van der Waals surface area (Å²) >= 11 is 0. The first kappa shape index (κ1) is 20.1. The predicted octanol–water partition coefficient (Wildman–Crippen LogP) is 2.63. The van der Waals surface area contributed by atoms with Crippen LogP contribution in [0.2, 0.25) is 0 Å². The van der Waals surface area contributed by atoms with Gasteiger partial charge in [0.25, 0.3) is 5.91 Å². The summed E-state index contributed by atoms with van der Waals surface area (Å²) < 4.78 is 15.6. The van der Waals surface area contributed by atoms with Gasteiger partial charge in [0.2, 0.25) is 0 Å². The van der Waals surface area contributed by atoms with E-state index in [9.17, 15) is 9.59 Å². The van der Waals surface area contributed by atoms with Crippen molar-refractivity contribution in [1.82, 2.24) is 5.32 Å². The van der Waals surface area contributed by atoms with E-state index in [-0.39, 0.29) is 6.04 Å². The molecule has 7 nitrogen and oxygen atoms in total. The molecule has 0 aromatic heterocycles. The van der Waals surface area contributed by atoms with Crippen LogP contribution in [0.15, 0.2) is 36.4 Å². The highest BCUT2D eigenvalue weighted by Crippen LogP contribution is 2.29. The molecule has 0 aliphatic carbocycles. The molecule has 0 saturated carbocycles. The molecule has 1 atom stereocenters. The molecule has 0 fully saturated rings. The van der Waals surface area contributed by atoms with Crippen LogP contribution >= 0.6 is 0 Å². The van der Waals surface area contributed by atoms with Gasteiger partial charge in [0, 0.05) is 11.3 Å². The number of ether oxygens (including phenoxy) is 3. The van der Waals surface area contributed by atoms with Crippen molar-refractivity contribution in [2.24, 2.45) is 0 Å². The Bertz CT molecular complexity index is 835. The number of rotatable bonds is 7. The number of amides is 1. The number of carbonyl (C=O) groups excluding carboxylic acids is 2. The van der Waals surface area contributed by atoms with Crippen molar-refractivity contribution in [2.75, 3.05) is 26.6 Å². The number of esters is 1. The fourth-order valence-corrected chi connectivity index (χ4v) is 2.52. The van der Waals surface area contributed by atoms with E-state index in [1.807, 2.05) is 6.92 Å². The second-order valence-electron chi connectivity index (χ2n) is 6.04. The van der Waals surface area contributed by atoms with Crippen molar-refractivity contribution in [2.45, 2.75) is 19.9 Å². The summed E-state index contributed by atoms with van der Waals surface area (Å²) in [6.45, 7) is 3.24. The minimum Gasteiger partial charge on any atom is -0.497 e. The number of methoxy groups -OCH3 is 2. The second kappa shape index (κ2) is 8.93. The van der Waals surface area contributed by atoms with Crippen LogP contribution in [0, 0.1) is 6.92 Å². The average molecular weight is 372 g/mol. The lowest BCUT2D eigenvalue weighted by molar-refractivity contribution is -0.124. The highest BCUT2D eigenvalue weighted by molar-refractivity contribution is 5.92. The van der Waals surface area contributed by atoms with Crippen LogP contribution < -0.4 is 20.5 Å². The Kier molecular flexibility index (Phi) is 6.65. The summed E-state index contributed by atoms with van der Waals surface area (Å²) in [7, 11) is 3.11. The van der Waals surface area contributed by atoms with Crippen LogP contribution in [0.25, 0.3) is 0 Å². The first-order valence-electron chi connectivity index (χ1n) is 8.40. The van der Waals surface area contributed by atoms with Gasteiger partial charge in [0.15, 0.2) is 6.61 Å². The smallest absolute Gasteiger partial charge is 0.338 e. The van der Waals surface area contributed by atoms with Gasteiger partial charge in [-0.2, -0.15) is 0 Å². The van der Waals surface area contributed by atoms with Crippen molar-refractivity contribution >= 4 is 17.6 Å². The van der Waals surface area contributed by atoms with E-state index in [0.717, 1.165) is 11.1 Å². The molecular weight excluding hydrogens is 348 g/mol. The summed E-state index contributed by atoms with van der Waals surface area (Å²) in [5, 5.41) is 2.77. The molecule has 0 saturated heterocycles. The number of anilines is 1. The zero-order valence-electron chi connectivity index (χ0n) is 15.9. The quantitative estimate of drug-likeness (QED) is 0.572. The molecule has 0 unspecified atom stereocenters. The van der Waals surface area contributed by atoms with E-state index >= 15 is 0 Å². The topological polar surface area (TPSA) is 99.9 Å². The van der Waals surface area contributed by atoms with E-state index in [1.165, 1.54) is 6.07 Å². The molecule has 0 spiro atoms. The molecule has 3 N–H and O–H groups in total. The van der Waals surface area contributed by atoms with Gasteiger partial charge in [-0.3, -0.25) is 4.79 Å². The molecule has 2 aromatic rings. The Morgan fingerprint density at radius 2 is 1.85 bits per heavy atom. The van der Waals surface area contributed by atoms with E-state index in [2.05, 4.69) is 5.32 Å². The summed E-state index contributed by atoms with van der Waals surface area (Å²) in [5.74, 6) is 0.232. The monoisotopic (exact) mass is 372 g/mol. The van der Waals surface area contributed by atoms with Gasteiger partial charge in [-0.15, -0.1) is 0 Å². The maximum absolute atomic E-state index is 12.2. The summed E-state index contributed by atoms with van der Waals surface area (Å²) in [6, 6.07) is 9.81. The van der Waals surface area contributed by atoms with Crippen molar-refractivity contribution < 1.29 is 23.8 Å². The van der Waals surface area contributed by atoms with Gasteiger partial charge in [-0.05, 0) is 49.7 Å². The van der Waals surface area contributed by atoms with Crippen molar-refractivity contribution in [1.29, 1.82) is 0 Å². The van der Waals surface area contributed by atoms with Crippen LogP contribution in [0.5, 0.6) is 11.5 Å². The highest BCUT2D eigenvalue weighted by atomic mass is 16.5. The number of nitrogens with two attached hydrogens (primary N) is 1. The van der Waals surface area contributed by atoms with Gasteiger partial charge in [-0.25, -0.2) is 4.79 Å². The third-order valence-electron chi connectivity index (χ3n) is 4.13.